The van der Waals surface area contributed by atoms with E-state index in [0.29, 0.717) is 31.9 Å². The number of carbonyl (C=O) groups is 1. The number of amides is 1. The van der Waals surface area contributed by atoms with Crippen molar-refractivity contribution in [2.45, 2.75) is 4.90 Å². The van der Waals surface area contributed by atoms with Crippen LogP contribution < -0.4 is 4.72 Å². The van der Waals surface area contributed by atoms with Crippen molar-refractivity contribution in [3.63, 3.8) is 0 Å². The van der Waals surface area contributed by atoms with E-state index in [2.05, 4.69) is 11.3 Å². The SMILES string of the molecule is C=CCNS(=O)(=O)c1ccc(C(=O)N2CCOCC2)cc1. The van der Waals surface area contributed by atoms with Crippen molar-refractivity contribution in [1.29, 1.82) is 0 Å². The predicted molar refractivity (Wildman–Crippen MR) is 78.6 cm³/mol. The molecule has 0 radical (unpaired) electrons. The average Bonchev–Trinajstić information content (AvgIpc) is 2.53. The molecule has 0 bridgehead atoms. The first-order valence-electron chi connectivity index (χ1n) is 6.62. The summed E-state index contributed by atoms with van der Waals surface area (Å²) >= 11 is 0. The number of rotatable bonds is 5. The van der Waals surface area contributed by atoms with E-state index in [-0.39, 0.29) is 17.3 Å². The Morgan fingerprint density at radius 1 is 1.29 bits per heavy atom. The zero-order valence-electron chi connectivity index (χ0n) is 11.6. The van der Waals surface area contributed by atoms with Crippen LogP contribution in [0.4, 0.5) is 0 Å². The van der Waals surface area contributed by atoms with E-state index in [9.17, 15) is 13.2 Å². The van der Waals surface area contributed by atoms with Crippen molar-refractivity contribution in [2.24, 2.45) is 0 Å². The molecule has 1 amide bonds. The van der Waals surface area contributed by atoms with Gasteiger partial charge in [0, 0.05) is 25.2 Å². The third kappa shape index (κ3) is 3.90. The standard InChI is InChI=1S/C14H18N2O4S/c1-2-7-15-21(18,19)13-5-3-12(4-6-13)14(17)16-8-10-20-11-9-16/h2-6,15H,1,7-11H2. The second-order valence-electron chi connectivity index (χ2n) is 4.57. The van der Waals surface area contributed by atoms with Crippen molar-refractivity contribution in [3.8, 4) is 0 Å². The van der Waals surface area contributed by atoms with Crippen molar-refractivity contribution < 1.29 is 17.9 Å². The fourth-order valence-corrected chi connectivity index (χ4v) is 2.98. The molecule has 0 atom stereocenters. The number of sulfonamides is 1. The van der Waals surface area contributed by atoms with Gasteiger partial charge in [-0.3, -0.25) is 4.79 Å². The Morgan fingerprint density at radius 2 is 1.90 bits per heavy atom. The number of benzene rings is 1. The predicted octanol–water partition coefficient (Wildman–Crippen LogP) is 0.623. The van der Waals surface area contributed by atoms with Crippen LogP contribution >= 0.6 is 0 Å². The van der Waals surface area contributed by atoms with Gasteiger partial charge in [-0.05, 0) is 24.3 Å². The molecule has 7 heteroatoms. The van der Waals surface area contributed by atoms with Crippen molar-refractivity contribution >= 4 is 15.9 Å². The van der Waals surface area contributed by atoms with Gasteiger partial charge in [0.05, 0.1) is 18.1 Å². The Bertz CT molecular complexity index is 604. The van der Waals surface area contributed by atoms with Gasteiger partial charge in [0.25, 0.3) is 5.91 Å². The number of nitrogens with zero attached hydrogens (tertiary/aromatic N) is 1. The molecule has 114 valence electrons. The molecule has 0 spiro atoms. The van der Waals surface area contributed by atoms with Crippen LogP contribution in [-0.4, -0.2) is 52.1 Å². The lowest BCUT2D eigenvalue weighted by Gasteiger charge is -2.26. The highest BCUT2D eigenvalue weighted by molar-refractivity contribution is 7.89. The van der Waals surface area contributed by atoms with Gasteiger partial charge < -0.3 is 9.64 Å². The van der Waals surface area contributed by atoms with E-state index < -0.39 is 10.0 Å². The minimum Gasteiger partial charge on any atom is -0.378 e. The first kappa shape index (κ1) is 15.7. The van der Waals surface area contributed by atoms with Gasteiger partial charge in [-0.25, -0.2) is 13.1 Å². The molecule has 1 aliphatic heterocycles. The van der Waals surface area contributed by atoms with E-state index in [1.807, 2.05) is 0 Å². The Balaban J connectivity index is 2.11. The summed E-state index contributed by atoms with van der Waals surface area (Å²) in [6, 6.07) is 5.92. The highest BCUT2D eigenvalue weighted by Gasteiger charge is 2.19. The molecule has 2 rings (SSSR count). The van der Waals surface area contributed by atoms with E-state index in [4.69, 9.17) is 4.74 Å². The molecular formula is C14H18N2O4S. The lowest BCUT2D eigenvalue weighted by molar-refractivity contribution is 0.0303. The van der Waals surface area contributed by atoms with Crippen LogP contribution in [0.1, 0.15) is 10.4 Å². The molecule has 0 aliphatic carbocycles. The van der Waals surface area contributed by atoms with Crippen molar-refractivity contribution in [3.05, 3.63) is 42.5 Å². The zero-order chi connectivity index (χ0) is 15.3. The molecule has 1 saturated heterocycles. The Morgan fingerprint density at radius 3 is 2.48 bits per heavy atom. The summed E-state index contributed by atoms with van der Waals surface area (Å²) in [6.07, 6.45) is 1.47. The molecule has 1 fully saturated rings. The summed E-state index contributed by atoms with van der Waals surface area (Å²) in [5.74, 6) is -0.110. The lowest BCUT2D eigenvalue weighted by atomic mass is 10.2. The van der Waals surface area contributed by atoms with E-state index in [1.165, 1.54) is 30.3 Å². The lowest BCUT2D eigenvalue weighted by Crippen LogP contribution is -2.40. The monoisotopic (exact) mass is 310 g/mol. The topological polar surface area (TPSA) is 75.7 Å². The van der Waals surface area contributed by atoms with Crippen LogP contribution in [0.2, 0.25) is 0 Å². The minimum absolute atomic E-state index is 0.110. The van der Waals surface area contributed by atoms with E-state index in [0.717, 1.165) is 0 Å². The van der Waals surface area contributed by atoms with Gasteiger partial charge in [0.1, 0.15) is 0 Å². The normalized spacial score (nSPS) is 15.7. The zero-order valence-corrected chi connectivity index (χ0v) is 12.4. The number of nitrogens with one attached hydrogen (secondary N) is 1. The molecule has 0 unspecified atom stereocenters. The van der Waals surface area contributed by atoms with Gasteiger partial charge in [-0.15, -0.1) is 6.58 Å². The minimum atomic E-state index is -3.56. The molecule has 0 aromatic heterocycles. The second-order valence-corrected chi connectivity index (χ2v) is 6.34. The maximum absolute atomic E-state index is 12.2. The Labute approximate surface area is 124 Å². The van der Waals surface area contributed by atoms with Gasteiger partial charge in [-0.1, -0.05) is 6.08 Å². The molecule has 21 heavy (non-hydrogen) atoms. The summed E-state index contributed by atoms with van der Waals surface area (Å²) in [7, 11) is -3.56. The molecule has 6 nitrogen and oxygen atoms in total. The number of hydrogen-bond acceptors (Lipinski definition) is 4. The molecule has 1 aromatic rings. The fourth-order valence-electron chi connectivity index (χ4n) is 1.98. The van der Waals surface area contributed by atoms with Gasteiger partial charge in [-0.2, -0.15) is 0 Å². The first-order chi connectivity index (χ1) is 10.0. The van der Waals surface area contributed by atoms with Crippen molar-refractivity contribution in [1.82, 2.24) is 9.62 Å². The number of morpholine rings is 1. The summed E-state index contributed by atoms with van der Waals surface area (Å²) < 4.78 is 31.4. The van der Waals surface area contributed by atoms with Gasteiger partial charge in [0.2, 0.25) is 10.0 Å². The molecular weight excluding hydrogens is 292 g/mol. The van der Waals surface area contributed by atoms with E-state index in [1.54, 1.807) is 4.90 Å². The molecule has 1 heterocycles. The summed E-state index contributed by atoms with van der Waals surface area (Å²) in [5, 5.41) is 0. The van der Waals surface area contributed by atoms with Crippen LogP contribution in [0.15, 0.2) is 41.8 Å². The Kier molecular flexibility index (Phi) is 5.11. The summed E-state index contributed by atoms with van der Waals surface area (Å²) in [6.45, 7) is 5.80. The average molecular weight is 310 g/mol. The molecule has 1 N–H and O–H groups in total. The first-order valence-corrected chi connectivity index (χ1v) is 8.10. The third-order valence-corrected chi connectivity index (χ3v) is 4.57. The number of ether oxygens (including phenoxy) is 1. The van der Waals surface area contributed by atoms with E-state index >= 15 is 0 Å². The maximum Gasteiger partial charge on any atom is 0.254 e. The maximum atomic E-state index is 12.2. The fraction of sp³-hybridized carbons (Fsp3) is 0.357. The molecule has 1 aliphatic rings. The summed E-state index contributed by atoms with van der Waals surface area (Å²) in [4.78, 5) is 14.0. The Hall–Kier alpha value is -1.70. The van der Waals surface area contributed by atoms with Gasteiger partial charge >= 0.3 is 0 Å². The summed E-state index contributed by atoms with van der Waals surface area (Å²) in [5.41, 5.74) is 0.472. The van der Waals surface area contributed by atoms with Crippen molar-refractivity contribution in [2.75, 3.05) is 32.8 Å². The quantitative estimate of drug-likeness (QED) is 0.809. The van der Waals surface area contributed by atoms with Crippen LogP contribution in [0.25, 0.3) is 0 Å². The smallest absolute Gasteiger partial charge is 0.254 e. The van der Waals surface area contributed by atoms with Crippen LogP contribution in [0, 0.1) is 0 Å². The van der Waals surface area contributed by atoms with Gasteiger partial charge in [0.15, 0.2) is 0 Å². The highest BCUT2D eigenvalue weighted by Crippen LogP contribution is 2.13. The van der Waals surface area contributed by atoms with Crippen LogP contribution in [0.5, 0.6) is 0 Å². The van der Waals surface area contributed by atoms with Crippen LogP contribution in [0.3, 0.4) is 0 Å². The molecule has 0 saturated carbocycles. The third-order valence-electron chi connectivity index (χ3n) is 3.13. The highest BCUT2D eigenvalue weighted by atomic mass is 32.2. The largest absolute Gasteiger partial charge is 0.378 e. The number of hydrogen-bond donors (Lipinski definition) is 1. The van der Waals surface area contributed by atoms with Crippen LogP contribution in [-0.2, 0) is 14.8 Å². The molecule has 1 aromatic carbocycles. The number of carbonyl (C=O) groups excluding carboxylic acids is 1. The second kappa shape index (κ2) is 6.84.